The molecule has 0 saturated heterocycles. The highest BCUT2D eigenvalue weighted by Gasteiger charge is 2.39. The molecule has 3 aromatic rings. The lowest BCUT2D eigenvalue weighted by atomic mass is 10.1. The van der Waals surface area contributed by atoms with Crippen molar-refractivity contribution in [3.8, 4) is 0 Å². The Balaban J connectivity index is 1.43. The first kappa shape index (κ1) is 28.3. The van der Waals surface area contributed by atoms with E-state index in [1.54, 1.807) is 24.3 Å². The molecule has 1 unspecified atom stereocenters. The topological polar surface area (TPSA) is 143 Å². The lowest BCUT2D eigenvalue weighted by Gasteiger charge is -2.23. The number of aromatic nitrogens is 2. The average molecular weight is 668 g/mol. The highest BCUT2D eigenvalue weighted by molar-refractivity contribution is 9.10. The van der Waals surface area contributed by atoms with Gasteiger partial charge in [0.25, 0.3) is 5.91 Å². The first-order valence-electron chi connectivity index (χ1n) is 12.0. The highest BCUT2D eigenvalue weighted by Crippen LogP contribution is 2.34. The van der Waals surface area contributed by atoms with Crippen LogP contribution in [0.15, 0.2) is 69.5 Å². The molecule has 3 heterocycles. The lowest BCUT2D eigenvalue weighted by Crippen LogP contribution is -2.39. The van der Waals surface area contributed by atoms with Gasteiger partial charge in [-0.25, -0.2) is 15.0 Å². The normalized spacial score (nSPS) is 16.8. The standard InChI is InChI=1S/C25H21BrCl2N6O5S/c26-17-11-15(27)10-16(24(35)31-13-14-6-7-14)22(17)32-25(36)19-12-20(33-34(19)23-18(28)4-3-9-30-23)39-40(37,38)21-5-1-2-8-29-21/h1-5,8-11,14,19H,6-7,12-13H2,(H,31,35)(H,32,36). The predicted molar refractivity (Wildman–Crippen MR) is 153 cm³/mol. The fourth-order valence-electron chi connectivity index (χ4n) is 3.88. The van der Waals surface area contributed by atoms with Gasteiger partial charge in [0.05, 0.1) is 22.7 Å². The number of hydrogen-bond acceptors (Lipinski definition) is 9. The summed E-state index contributed by atoms with van der Waals surface area (Å²) in [6.07, 6.45) is 4.62. The van der Waals surface area contributed by atoms with Crippen molar-refractivity contribution in [1.29, 1.82) is 0 Å². The van der Waals surface area contributed by atoms with Crippen LogP contribution in [0.3, 0.4) is 0 Å². The van der Waals surface area contributed by atoms with Crippen LogP contribution in [0.4, 0.5) is 11.5 Å². The zero-order valence-electron chi connectivity index (χ0n) is 20.6. The van der Waals surface area contributed by atoms with Crippen molar-refractivity contribution in [3.05, 3.63) is 74.9 Å². The number of carbonyl (C=O) groups excluding carboxylic acids is 2. The molecule has 2 aliphatic rings. The molecule has 2 aromatic heterocycles. The van der Waals surface area contributed by atoms with Crippen LogP contribution in [-0.2, 0) is 19.1 Å². The number of nitrogens with zero attached hydrogens (tertiary/aromatic N) is 4. The van der Waals surface area contributed by atoms with Gasteiger partial charge in [0, 0.05) is 28.4 Å². The van der Waals surface area contributed by atoms with Crippen LogP contribution in [0.25, 0.3) is 0 Å². The predicted octanol–water partition coefficient (Wildman–Crippen LogP) is 4.62. The molecule has 1 aromatic carbocycles. The van der Waals surface area contributed by atoms with Crippen LogP contribution in [-0.4, -0.2) is 48.7 Å². The van der Waals surface area contributed by atoms with E-state index in [1.807, 2.05) is 0 Å². The Morgan fingerprint density at radius 1 is 1.10 bits per heavy atom. The fourth-order valence-corrected chi connectivity index (χ4v) is 5.88. The SMILES string of the molecule is O=C(NCC1CC1)c1cc(Cl)cc(Br)c1NC(=O)C1CC(OS(=O)(=O)c2ccccn2)=NN1c1ncccc1Cl. The summed E-state index contributed by atoms with van der Waals surface area (Å²) in [4.78, 5) is 34.7. The number of nitrogens with one attached hydrogen (secondary N) is 2. The van der Waals surface area contributed by atoms with Gasteiger partial charge < -0.3 is 14.8 Å². The van der Waals surface area contributed by atoms with Crippen molar-refractivity contribution in [3.63, 3.8) is 0 Å². The third kappa shape index (κ3) is 6.38. The number of anilines is 2. The lowest BCUT2D eigenvalue weighted by molar-refractivity contribution is -0.117. The number of hydrazone groups is 1. The van der Waals surface area contributed by atoms with Crippen molar-refractivity contribution in [1.82, 2.24) is 15.3 Å². The maximum atomic E-state index is 13.7. The van der Waals surface area contributed by atoms with E-state index in [2.05, 4.69) is 41.6 Å². The quantitative estimate of drug-likeness (QED) is 0.331. The molecular weight excluding hydrogens is 647 g/mol. The van der Waals surface area contributed by atoms with Gasteiger partial charge >= 0.3 is 10.1 Å². The van der Waals surface area contributed by atoms with E-state index in [9.17, 15) is 18.0 Å². The van der Waals surface area contributed by atoms with Crippen LogP contribution in [0.1, 0.15) is 29.6 Å². The van der Waals surface area contributed by atoms with Crippen molar-refractivity contribution in [2.75, 3.05) is 16.9 Å². The average Bonchev–Trinajstić information content (AvgIpc) is 3.67. The van der Waals surface area contributed by atoms with Gasteiger partial charge in [0.2, 0.25) is 11.8 Å². The number of pyridine rings is 2. The first-order valence-corrected chi connectivity index (χ1v) is 15.0. The minimum atomic E-state index is -4.33. The molecule has 1 aliphatic carbocycles. The molecule has 1 atom stereocenters. The van der Waals surface area contributed by atoms with E-state index >= 15 is 0 Å². The largest absolute Gasteiger partial charge is 0.360 e. The Hall–Kier alpha value is -3.26. The summed E-state index contributed by atoms with van der Waals surface area (Å²) in [7, 11) is -4.33. The molecule has 1 aliphatic heterocycles. The molecule has 1 saturated carbocycles. The van der Waals surface area contributed by atoms with Gasteiger partial charge in [-0.15, -0.1) is 5.10 Å². The monoisotopic (exact) mass is 666 g/mol. The minimum absolute atomic E-state index is 0.107. The molecule has 0 bridgehead atoms. The van der Waals surface area contributed by atoms with Crippen LogP contribution in [0.5, 0.6) is 0 Å². The molecule has 15 heteroatoms. The van der Waals surface area contributed by atoms with Gasteiger partial charge in [-0.2, -0.15) is 8.42 Å². The summed E-state index contributed by atoms with van der Waals surface area (Å²) in [6.45, 7) is 0.518. The Kier molecular flexibility index (Phi) is 8.26. The second kappa shape index (κ2) is 11.7. The Morgan fingerprint density at radius 2 is 1.88 bits per heavy atom. The smallest absolute Gasteiger partial charge is 0.358 e. The number of benzene rings is 1. The maximum absolute atomic E-state index is 13.7. The summed E-state index contributed by atoms with van der Waals surface area (Å²) in [5, 5.41) is 11.2. The van der Waals surface area contributed by atoms with Gasteiger partial charge in [-0.05, 0) is 71.1 Å². The van der Waals surface area contributed by atoms with Gasteiger partial charge in [0.15, 0.2) is 10.8 Å². The van der Waals surface area contributed by atoms with E-state index in [0.717, 1.165) is 12.8 Å². The molecule has 208 valence electrons. The molecule has 5 rings (SSSR count). The first-order chi connectivity index (χ1) is 19.1. The molecule has 11 nitrogen and oxygen atoms in total. The van der Waals surface area contributed by atoms with Gasteiger partial charge in [0.1, 0.15) is 6.04 Å². The zero-order valence-corrected chi connectivity index (χ0v) is 24.5. The van der Waals surface area contributed by atoms with Crippen molar-refractivity contribution >= 4 is 78.5 Å². The Morgan fingerprint density at radius 3 is 2.58 bits per heavy atom. The number of rotatable bonds is 8. The van der Waals surface area contributed by atoms with E-state index < -0.39 is 28.0 Å². The summed E-state index contributed by atoms with van der Waals surface area (Å²) in [6, 6.07) is 9.35. The van der Waals surface area contributed by atoms with Crippen LogP contribution < -0.4 is 15.6 Å². The van der Waals surface area contributed by atoms with Crippen molar-refractivity contribution < 1.29 is 22.2 Å². The van der Waals surface area contributed by atoms with Crippen LogP contribution >= 0.6 is 39.1 Å². The molecule has 0 spiro atoms. The molecule has 1 fully saturated rings. The second-order valence-electron chi connectivity index (χ2n) is 9.03. The van der Waals surface area contributed by atoms with Gasteiger partial charge in [-0.1, -0.05) is 29.3 Å². The molecule has 2 amide bonds. The van der Waals surface area contributed by atoms with Crippen molar-refractivity contribution in [2.24, 2.45) is 11.0 Å². The number of carbonyl (C=O) groups is 2. The summed E-state index contributed by atoms with van der Waals surface area (Å²) < 4.78 is 31.2. The summed E-state index contributed by atoms with van der Waals surface area (Å²) in [5.41, 5.74) is 0.342. The van der Waals surface area contributed by atoms with E-state index in [4.69, 9.17) is 27.4 Å². The van der Waals surface area contributed by atoms with Crippen LogP contribution in [0, 0.1) is 5.92 Å². The summed E-state index contributed by atoms with van der Waals surface area (Å²) >= 11 is 15.9. The zero-order chi connectivity index (χ0) is 28.4. The third-order valence-electron chi connectivity index (χ3n) is 6.04. The second-order valence-corrected chi connectivity index (χ2v) is 12.2. The van der Waals surface area contributed by atoms with Crippen molar-refractivity contribution in [2.45, 2.75) is 30.3 Å². The summed E-state index contributed by atoms with van der Waals surface area (Å²) in [5.74, 6) is -0.750. The molecule has 40 heavy (non-hydrogen) atoms. The van der Waals surface area contributed by atoms with E-state index in [-0.39, 0.29) is 39.4 Å². The number of amides is 2. The number of halogens is 3. The van der Waals surface area contributed by atoms with E-state index in [0.29, 0.717) is 22.0 Å². The highest BCUT2D eigenvalue weighted by atomic mass is 79.9. The van der Waals surface area contributed by atoms with Gasteiger partial charge in [-0.3, -0.25) is 9.59 Å². The molecule has 0 radical (unpaired) electrons. The Labute approximate surface area is 248 Å². The molecular formula is C25H21BrCl2N6O5S. The fraction of sp³-hybridized carbons (Fsp3) is 0.240. The van der Waals surface area contributed by atoms with Crippen LogP contribution in [0.2, 0.25) is 10.0 Å². The number of hydrogen-bond donors (Lipinski definition) is 2. The molecule has 2 N–H and O–H groups in total. The van der Waals surface area contributed by atoms with E-state index in [1.165, 1.54) is 35.6 Å². The Bertz CT molecular complexity index is 1600. The minimum Gasteiger partial charge on any atom is -0.360 e. The third-order valence-corrected chi connectivity index (χ3v) is 8.34. The maximum Gasteiger partial charge on any atom is 0.358 e.